The predicted octanol–water partition coefficient (Wildman–Crippen LogP) is 2.02. The summed E-state index contributed by atoms with van der Waals surface area (Å²) in [4.78, 5) is 0. The van der Waals surface area contributed by atoms with Crippen molar-refractivity contribution in [1.29, 1.82) is 0 Å². The highest BCUT2D eigenvalue weighted by Crippen LogP contribution is 2.27. The molecule has 0 spiro atoms. The summed E-state index contributed by atoms with van der Waals surface area (Å²) in [5.41, 5.74) is 0. The van der Waals surface area contributed by atoms with E-state index in [0.29, 0.717) is 6.04 Å². The normalized spacial score (nSPS) is 32.6. The molecular weight excluding hydrogens is 194 g/mol. The topological polar surface area (TPSA) is 32.3 Å². The summed E-state index contributed by atoms with van der Waals surface area (Å²) in [5.74, 6) is 0. The summed E-state index contributed by atoms with van der Waals surface area (Å²) in [6.45, 7) is 3.92. The van der Waals surface area contributed by atoms with Crippen molar-refractivity contribution in [2.75, 3.05) is 6.26 Å². The highest BCUT2D eigenvalue weighted by Gasteiger charge is 2.23. The van der Waals surface area contributed by atoms with Crippen molar-refractivity contribution < 1.29 is 5.11 Å². The van der Waals surface area contributed by atoms with Crippen LogP contribution in [0.1, 0.15) is 39.5 Å². The van der Waals surface area contributed by atoms with Gasteiger partial charge in [-0.05, 0) is 39.4 Å². The van der Waals surface area contributed by atoms with Crippen LogP contribution in [0.4, 0.5) is 0 Å². The first-order valence-electron chi connectivity index (χ1n) is 5.60. The monoisotopic (exact) mass is 217 g/mol. The van der Waals surface area contributed by atoms with Gasteiger partial charge in [0.2, 0.25) is 0 Å². The Morgan fingerprint density at radius 2 is 2.07 bits per heavy atom. The summed E-state index contributed by atoms with van der Waals surface area (Å²) in [6.07, 6.45) is 7.18. The van der Waals surface area contributed by atoms with E-state index in [4.69, 9.17) is 0 Å². The van der Waals surface area contributed by atoms with Gasteiger partial charge in [0.15, 0.2) is 0 Å². The van der Waals surface area contributed by atoms with Crippen LogP contribution in [-0.4, -0.2) is 34.8 Å². The fraction of sp³-hybridized carbons (Fsp3) is 1.00. The van der Waals surface area contributed by atoms with Gasteiger partial charge in [-0.2, -0.15) is 11.8 Å². The highest BCUT2D eigenvalue weighted by molar-refractivity contribution is 7.99. The molecule has 0 aromatic heterocycles. The van der Waals surface area contributed by atoms with Gasteiger partial charge < -0.3 is 10.4 Å². The van der Waals surface area contributed by atoms with Gasteiger partial charge in [-0.15, -0.1) is 0 Å². The first-order chi connectivity index (χ1) is 6.63. The minimum Gasteiger partial charge on any atom is -0.392 e. The molecule has 4 atom stereocenters. The molecule has 14 heavy (non-hydrogen) atoms. The Morgan fingerprint density at radius 1 is 1.36 bits per heavy atom. The molecule has 0 heterocycles. The zero-order chi connectivity index (χ0) is 10.6. The number of hydrogen-bond donors (Lipinski definition) is 2. The molecule has 4 unspecified atom stereocenters. The van der Waals surface area contributed by atoms with Crippen molar-refractivity contribution >= 4 is 11.8 Å². The lowest BCUT2D eigenvalue weighted by atomic mass is 9.94. The predicted molar refractivity (Wildman–Crippen MR) is 63.8 cm³/mol. The maximum Gasteiger partial charge on any atom is 0.0662 e. The summed E-state index contributed by atoms with van der Waals surface area (Å²) in [6, 6.07) is 0.839. The molecule has 0 saturated heterocycles. The Kier molecular flexibility index (Phi) is 5.28. The smallest absolute Gasteiger partial charge is 0.0662 e. The largest absolute Gasteiger partial charge is 0.392 e. The van der Waals surface area contributed by atoms with Crippen LogP contribution in [0.25, 0.3) is 0 Å². The van der Waals surface area contributed by atoms with Crippen LogP contribution < -0.4 is 5.32 Å². The Hall–Kier alpha value is 0.270. The van der Waals surface area contributed by atoms with Crippen LogP contribution in [0.5, 0.6) is 0 Å². The van der Waals surface area contributed by atoms with E-state index < -0.39 is 0 Å². The summed E-state index contributed by atoms with van der Waals surface area (Å²) in [5, 5.41) is 13.7. The van der Waals surface area contributed by atoms with E-state index in [2.05, 4.69) is 18.5 Å². The molecule has 0 bridgehead atoms. The molecular formula is C11H23NOS. The summed E-state index contributed by atoms with van der Waals surface area (Å²) in [7, 11) is 0. The molecule has 1 rings (SSSR count). The van der Waals surface area contributed by atoms with Crippen molar-refractivity contribution in [3.05, 3.63) is 0 Å². The lowest BCUT2D eigenvalue weighted by Gasteiger charge is -2.31. The van der Waals surface area contributed by atoms with Gasteiger partial charge in [0.05, 0.1) is 6.10 Å². The number of hydrogen-bond acceptors (Lipinski definition) is 3. The van der Waals surface area contributed by atoms with Crippen molar-refractivity contribution in [3.8, 4) is 0 Å². The van der Waals surface area contributed by atoms with E-state index in [9.17, 15) is 5.11 Å². The molecule has 1 saturated carbocycles. The Bertz CT molecular complexity index is 163. The molecule has 1 aliphatic carbocycles. The van der Waals surface area contributed by atoms with Gasteiger partial charge in [-0.1, -0.05) is 6.42 Å². The third-order valence-corrected chi connectivity index (χ3v) is 4.28. The molecule has 0 radical (unpaired) electrons. The average Bonchev–Trinajstić information content (AvgIpc) is 2.18. The van der Waals surface area contributed by atoms with E-state index in [1.807, 2.05) is 18.7 Å². The van der Waals surface area contributed by atoms with Crippen molar-refractivity contribution in [2.45, 2.75) is 63.0 Å². The van der Waals surface area contributed by atoms with Gasteiger partial charge in [0, 0.05) is 17.3 Å². The molecule has 2 nitrogen and oxygen atoms in total. The number of aliphatic hydroxyl groups excluding tert-OH is 1. The molecule has 0 aromatic carbocycles. The first-order valence-corrected chi connectivity index (χ1v) is 6.89. The van der Waals surface area contributed by atoms with E-state index in [1.165, 1.54) is 25.7 Å². The molecule has 1 fully saturated rings. The van der Waals surface area contributed by atoms with Crippen molar-refractivity contribution in [1.82, 2.24) is 5.32 Å². The second-order valence-corrected chi connectivity index (χ2v) is 5.56. The van der Waals surface area contributed by atoms with E-state index in [0.717, 1.165) is 5.25 Å². The van der Waals surface area contributed by atoms with Crippen LogP contribution in [0.15, 0.2) is 0 Å². The third kappa shape index (κ3) is 3.79. The van der Waals surface area contributed by atoms with Gasteiger partial charge in [0.25, 0.3) is 0 Å². The molecule has 84 valence electrons. The van der Waals surface area contributed by atoms with Gasteiger partial charge in [0.1, 0.15) is 0 Å². The van der Waals surface area contributed by atoms with Gasteiger partial charge in [-0.3, -0.25) is 0 Å². The lowest BCUT2D eigenvalue weighted by Crippen LogP contribution is -2.44. The van der Waals surface area contributed by atoms with Crippen LogP contribution in [0.2, 0.25) is 0 Å². The molecule has 0 amide bonds. The third-order valence-electron chi connectivity index (χ3n) is 3.18. The molecule has 0 aromatic rings. The van der Waals surface area contributed by atoms with Gasteiger partial charge in [-0.25, -0.2) is 0 Å². The van der Waals surface area contributed by atoms with Crippen LogP contribution in [0, 0.1) is 0 Å². The second-order valence-electron chi connectivity index (χ2n) is 4.42. The molecule has 0 aliphatic heterocycles. The van der Waals surface area contributed by atoms with Crippen LogP contribution in [0.3, 0.4) is 0 Å². The quantitative estimate of drug-likeness (QED) is 0.755. The minimum atomic E-state index is -0.246. The maximum absolute atomic E-state index is 9.41. The van der Waals surface area contributed by atoms with Gasteiger partial charge >= 0.3 is 0 Å². The summed E-state index contributed by atoms with van der Waals surface area (Å²) < 4.78 is 0. The molecule has 2 N–H and O–H groups in total. The average molecular weight is 217 g/mol. The first kappa shape index (κ1) is 12.3. The van der Waals surface area contributed by atoms with E-state index >= 15 is 0 Å². The standard InChI is InChI=1S/C11H23NOS/c1-8(9(2)13)12-10-5-4-6-11(7-10)14-3/h8-13H,4-7H2,1-3H3. The van der Waals surface area contributed by atoms with Crippen molar-refractivity contribution in [3.63, 3.8) is 0 Å². The second kappa shape index (κ2) is 5.99. The molecule has 3 heteroatoms. The fourth-order valence-corrected chi connectivity index (χ4v) is 2.85. The number of nitrogens with one attached hydrogen (secondary N) is 1. The Labute approximate surface area is 91.9 Å². The van der Waals surface area contributed by atoms with Crippen LogP contribution in [-0.2, 0) is 0 Å². The zero-order valence-electron chi connectivity index (χ0n) is 9.49. The Morgan fingerprint density at radius 3 is 2.64 bits per heavy atom. The van der Waals surface area contributed by atoms with E-state index in [1.54, 1.807) is 0 Å². The number of aliphatic hydroxyl groups is 1. The lowest BCUT2D eigenvalue weighted by molar-refractivity contribution is 0.141. The SMILES string of the molecule is CSC1CCCC(NC(C)C(C)O)C1. The zero-order valence-corrected chi connectivity index (χ0v) is 10.3. The fourth-order valence-electron chi connectivity index (χ4n) is 2.02. The molecule has 1 aliphatic rings. The van der Waals surface area contributed by atoms with E-state index in [-0.39, 0.29) is 12.1 Å². The van der Waals surface area contributed by atoms with Crippen molar-refractivity contribution in [2.24, 2.45) is 0 Å². The maximum atomic E-state index is 9.41. The number of rotatable bonds is 4. The number of thioether (sulfide) groups is 1. The Balaban J connectivity index is 2.30. The highest BCUT2D eigenvalue weighted by atomic mass is 32.2. The summed E-state index contributed by atoms with van der Waals surface area (Å²) >= 11 is 1.98. The van der Waals surface area contributed by atoms with Crippen LogP contribution >= 0.6 is 11.8 Å². The minimum absolute atomic E-state index is 0.223.